The third-order valence-electron chi connectivity index (χ3n) is 5.62. The quantitative estimate of drug-likeness (QED) is 0.608. The van der Waals surface area contributed by atoms with Crippen molar-refractivity contribution in [2.75, 3.05) is 26.3 Å². The SMILES string of the molecule is O=C(NCC(O)CN1C(=O)c2ccccc2C1=O)C(OC1CCOCC1)c1ccccc1. The number of carbonyl (C=O) groups excluding carboxylic acids is 3. The molecule has 2 N–H and O–H groups in total. The molecule has 8 heteroatoms. The van der Waals surface area contributed by atoms with Crippen LogP contribution in [0.2, 0.25) is 0 Å². The van der Waals surface area contributed by atoms with Gasteiger partial charge in [0.2, 0.25) is 0 Å². The van der Waals surface area contributed by atoms with Crippen LogP contribution in [0.3, 0.4) is 0 Å². The first kappa shape index (κ1) is 22.1. The molecule has 1 saturated heterocycles. The number of rotatable bonds is 8. The highest BCUT2D eigenvalue weighted by atomic mass is 16.5. The highest BCUT2D eigenvalue weighted by Gasteiger charge is 2.36. The zero-order chi connectivity index (χ0) is 22.5. The summed E-state index contributed by atoms with van der Waals surface area (Å²) in [5, 5.41) is 13.1. The van der Waals surface area contributed by atoms with Gasteiger partial charge in [0.05, 0.1) is 29.9 Å². The fourth-order valence-electron chi connectivity index (χ4n) is 3.92. The van der Waals surface area contributed by atoms with Gasteiger partial charge in [-0.05, 0) is 30.5 Å². The van der Waals surface area contributed by atoms with E-state index in [1.807, 2.05) is 30.3 Å². The maximum absolute atomic E-state index is 12.9. The van der Waals surface area contributed by atoms with Crippen molar-refractivity contribution in [1.82, 2.24) is 10.2 Å². The molecule has 2 heterocycles. The van der Waals surface area contributed by atoms with E-state index in [0.29, 0.717) is 42.7 Å². The van der Waals surface area contributed by atoms with Crippen LogP contribution in [0.15, 0.2) is 54.6 Å². The van der Waals surface area contributed by atoms with E-state index in [2.05, 4.69) is 5.32 Å². The number of nitrogens with one attached hydrogen (secondary N) is 1. The van der Waals surface area contributed by atoms with Gasteiger partial charge in [0, 0.05) is 19.8 Å². The molecule has 4 rings (SSSR count). The van der Waals surface area contributed by atoms with Gasteiger partial charge in [0.15, 0.2) is 6.10 Å². The van der Waals surface area contributed by atoms with Crippen molar-refractivity contribution >= 4 is 17.7 Å². The molecule has 2 unspecified atom stereocenters. The summed E-state index contributed by atoms with van der Waals surface area (Å²) < 4.78 is 11.4. The Morgan fingerprint density at radius 2 is 1.62 bits per heavy atom. The summed E-state index contributed by atoms with van der Waals surface area (Å²) in [6.45, 7) is 0.857. The molecule has 2 aromatic rings. The number of fused-ring (bicyclic) bond motifs is 1. The smallest absolute Gasteiger partial charge is 0.261 e. The molecule has 0 aromatic heterocycles. The minimum Gasteiger partial charge on any atom is -0.389 e. The lowest BCUT2D eigenvalue weighted by molar-refractivity contribution is -0.142. The Labute approximate surface area is 186 Å². The second-order valence-electron chi connectivity index (χ2n) is 7.90. The van der Waals surface area contributed by atoms with Gasteiger partial charge in [0.1, 0.15) is 0 Å². The van der Waals surface area contributed by atoms with Gasteiger partial charge in [-0.15, -0.1) is 0 Å². The predicted molar refractivity (Wildman–Crippen MR) is 115 cm³/mol. The van der Waals surface area contributed by atoms with Crippen LogP contribution in [0.25, 0.3) is 0 Å². The fraction of sp³-hybridized carbons (Fsp3) is 0.375. The molecule has 1 fully saturated rings. The average molecular weight is 438 g/mol. The zero-order valence-corrected chi connectivity index (χ0v) is 17.6. The second-order valence-corrected chi connectivity index (χ2v) is 7.90. The van der Waals surface area contributed by atoms with Crippen molar-refractivity contribution in [2.45, 2.75) is 31.2 Å². The number of benzene rings is 2. The molecule has 2 aliphatic heterocycles. The number of aliphatic hydroxyl groups excluding tert-OH is 1. The molecule has 0 radical (unpaired) electrons. The number of imide groups is 1. The molecule has 2 atom stereocenters. The number of nitrogens with zero attached hydrogens (tertiary/aromatic N) is 1. The maximum Gasteiger partial charge on any atom is 0.261 e. The summed E-state index contributed by atoms with van der Waals surface area (Å²) in [4.78, 5) is 38.9. The van der Waals surface area contributed by atoms with Crippen molar-refractivity contribution < 1.29 is 29.0 Å². The predicted octanol–water partition coefficient (Wildman–Crippen LogP) is 1.70. The van der Waals surface area contributed by atoms with Gasteiger partial charge in [0.25, 0.3) is 17.7 Å². The maximum atomic E-state index is 12.9. The van der Waals surface area contributed by atoms with Crippen molar-refractivity contribution in [3.8, 4) is 0 Å². The molecular weight excluding hydrogens is 412 g/mol. The van der Waals surface area contributed by atoms with Crippen LogP contribution in [-0.4, -0.2) is 66.2 Å². The number of aliphatic hydroxyl groups is 1. The normalized spacial score (nSPS) is 18.3. The zero-order valence-electron chi connectivity index (χ0n) is 17.6. The number of amides is 3. The van der Waals surface area contributed by atoms with Gasteiger partial charge < -0.3 is 19.9 Å². The Bertz CT molecular complexity index is 938. The lowest BCUT2D eigenvalue weighted by Crippen LogP contribution is -2.44. The van der Waals surface area contributed by atoms with Gasteiger partial charge in [-0.2, -0.15) is 0 Å². The highest BCUT2D eigenvalue weighted by molar-refractivity contribution is 6.21. The minimum absolute atomic E-state index is 0.0945. The second kappa shape index (κ2) is 10.0. The molecule has 0 spiro atoms. The monoisotopic (exact) mass is 438 g/mol. The molecule has 8 nitrogen and oxygen atoms in total. The topological polar surface area (TPSA) is 105 Å². The Morgan fingerprint density at radius 3 is 2.25 bits per heavy atom. The van der Waals surface area contributed by atoms with Crippen molar-refractivity contribution in [3.05, 3.63) is 71.3 Å². The van der Waals surface area contributed by atoms with E-state index in [9.17, 15) is 19.5 Å². The first-order valence-corrected chi connectivity index (χ1v) is 10.7. The van der Waals surface area contributed by atoms with Gasteiger partial charge in [-0.1, -0.05) is 42.5 Å². The first-order valence-electron chi connectivity index (χ1n) is 10.7. The summed E-state index contributed by atoms with van der Waals surface area (Å²) in [5.41, 5.74) is 1.36. The van der Waals surface area contributed by atoms with Crippen molar-refractivity contribution in [2.24, 2.45) is 0 Å². The van der Waals surface area contributed by atoms with Crippen molar-refractivity contribution in [3.63, 3.8) is 0 Å². The number of hydrogen-bond donors (Lipinski definition) is 2. The molecule has 2 aliphatic rings. The molecule has 2 aromatic carbocycles. The summed E-state index contributed by atoms with van der Waals surface area (Å²) in [6.07, 6.45) is -0.618. The van der Waals surface area contributed by atoms with Gasteiger partial charge >= 0.3 is 0 Å². The summed E-state index contributed by atoms with van der Waals surface area (Å²) in [7, 11) is 0. The van der Waals surface area contributed by atoms with Crippen LogP contribution in [0, 0.1) is 0 Å². The van der Waals surface area contributed by atoms with E-state index in [4.69, 9.17) is 9.47 Å². The molecule has 32 heavy (non-hydrogen) atoms. The van der Waals surface area contributed by atoms with Crippen molar-refractivity contribution in [1.29, 1.82) is 0 Å². The van der Waals surface area contributed by atoms with Crippen LogP contribution in [-0.2, 0) is 14.3 Å². The molecule has 0 aliphatic carbocycles. The number of carbonyl (C=O) groups is 3. The summed E-state index contributed by atoms with van der Waals surface area (Å²) in [6, 6.07) is 15.7. The molecule has 0 saturated carbocycles. The van der Waals surface area contributed by atoms with Gasteiger partial charge in [-0.3, -0.25) is 19.3 Å². The average Bonchev–Trinajstić information content (AvgIpc) is 3.07. The van der Waals surface area contributed by atoms with Crippen LogP contribution in [0.5, 0.6) is 0 Å². The largest absolute Gasteiger partial charge is 0.389 e. The molecule has 3 amide bonds. The molecule has 168 valence electrons. The summed E-state index contributed by atoms with van der Waals surface area (Å²) in [5.74, 6) is -1.27. The van der Waals surface area contributed by atoms with E-state index in [1.165, 1.54) is 0 Å². The third kappa shape index (κ3) is 4.88. The van der Waals surface area contributed by atoms with Crippen LogP contribution in [0.1, 0.15) is 45.2 Å². The van der Waals surface area contributed by atoms with E-state index in [0.717, 1.165) is 4.90 Å². The van der Waals surface area contributed by atoms with E-state index in [1.54, 1.807) is 24.3 Å². The van der Waals surface area contributed by atoms with E-state index < -0.39 is 24.0 Å². The lowest BCUT2D eigenvalue weighted by atomic mass is 10.1. The number of β-amino-alcohol motifs (C(OH)–C–C–N with tert-alkyl or cyclic N) is 1. The van der Waals surface area contributed by atoms with Gasteiger partial charge in [-0.25, -0.2) is 0 Å². The molecular formula is C24H26N2O6. The van der Waals surface area contributed by atoms with Crippen LogP contribution in [0.4, 0.5) is 0 Å². The Balaban J connectivity index is 1.36. The standard InChI is InChI=1S/C24H26N2O6/c27-17(15-26-23(29)19-8-4-5-9-20(19)24(26)30)14-25-22(28)21(16-6-2-1-3-7-16)32-18-10-12-31-13-11-18/h1-9,17-18,21,27H,10-15H2,(H,25,28). The van der Waals surface area contributed by atoms with Crippen LogP contribution >= 0.6 is 0 Å². The van der Waals surface area contributed by atoms with E-state index >= 15 is 0 Å². The number of hydrogen-bond acceptors (Lipinski definition) is 6. The Morgan fingerprint density at radius 1 is 1.03 bits per heavy atom. The minimum atomic E-state index is -1.11. The highest BCUT2D eigenvalue weighted by Crippen LogP contribution is 2.24. The lowest BCUT2D eigenvalue weighted by Gasteiger charge is -2.28. The number of ether oxygens (including phenoxy) is 2. The fourth-order valence-corrected chi connectivity index (χ4v) is 3.92. The first-order chi connectivity index (χ1) is 15.5. The Kier molecular flexibility index (Phi) is 6.94. The third-order valence-corrected chi connectivity index (χ3v) is 5.62. The van der Waals surface area contributed by atoms with Crippen LogP contribution < -0.4 is 5.32 Å². The molecule has 0 bridgehead atoms. The van der Waals surface area contributed by atoms with E-state index in [-0.39, 0.29) is 25.1 Å². The summed E-state index contributed by atoms with van der Waals surface area (Å²) >= 11 is 0. The Hall–Kier alpha value is -3.07.